The van der Waals surface area contributed by atoms with Crippen molar-refractivity contribution in [1.29, 1.82) is 0 Å². The van der Waals surface area contributed by atoms with Crippen molar-refractivity contribution in [3.05, 3.63) is 81.8 Å². The Morgan fingerprint density at radius 3 is 1.23 bits per heavy atom. The van der Waals surface area contributed by atoms with Gasteiger partial charge in [0, 0.05) is 33.9 Å². The number of halogens is 2. The summed E-state index contributed by atoms with van der Waals surface area (Å²) in [7, 11) is 0. The van der Waals surface area contributed by atoms with Crippen LogP contribution in [0.4, 0.5) is 0 Å². The standard InChI is InChI=1S/2C10H8BrNO/c2*1-7-12-10(6-13-7)8-2-4-9(11)5-3-8/h2*2-6H,1H3. The molecule has 6 heteroatoms. The van der Waals surface area contributed by atoms with Gasteiger partial charge in [0.1, 0.15) is 23.9 Å². The smallest absolute Gasteiger partial charge is 0.191 e. The van der Waals surface area contributed by atoms with Crippen LogP contribution in [0.15, 0.2) is 78.8 Å². The number of rotatable bonds is 2. The molecule has 0 atom stereocenters. The molecule has 4 rings (SSSR count). The van der Waals surface area contributed by atoms with Crippen LogP contribution in [-0.2, 0) is 0 Å². The predicted molar refractivity (Wildman–Crippen MR) is 109 cm³/mol. The van der Waals surface area contributed by atoms with E-state index in [1.54, 1.807) is 12.5 Å². The quantitative estimate of drug-likeness (QED) is 0.319. The molecular formula is C20H16Br2N2O2. The van der Waals surface area contributed by atoms with Crippen molar-refractivity contribution in [1.82, 2.24) is 9.97 Å². The minimum absolute atomic E-state index is 0.693. The summed E-state index contributed by atoms with van der Waals surface area (Å²) in [5.74, 6) is 1.39. The maximum Gasteiger partial charge on any atom is 0.191 e. The van der Waals surface area contributed by atoms with Crippen molar-refractivity contribution in [2.75, 3.05) is 0 Å². The Hall–Kier alpha value is -2.18. The minimum Gasteiger partial charge on any atom is -0.449 e. The molecule has 2 aromatic heterocycles. The number of hydrogen-bond donors (Lipinski definition) is 0. The molecule has 0 saturated heterocycles. The van der Waals surface area contributed by atoms with Gasteiger partial charge in [-0.1, -0.05) is 56.1 Å². The van der Waals surface area contributed by atoms with E-state index in [0.717, 1.165) is 31.5 Å². The first kappa shape index (κ1) is 18.6. The molecule has 4 aromatic rings. The molecule has 0 N–H and O–H groups in total. The number of aromatic nitrogens is 2. The summed E-state index contributed by atoms with van der Waals surface area (Å²) in [6, 6.07) is 15.9. The highest BCUT2D eigenvalue weighted by molar-refractivity contribution is 9.10. The van der Waals surface area contributed by atoms with Gasteiger partial charge in [0.2, 0.25) is 0 Å². The van der Waals surface area contributed by atoms with Crippen LogP contribution >= 0.6 is 31.9 Å². The van der Waals surface area contributed by atoms with Gasteiger partial charge in [-0.2, -0.15) is 0 Å². The number of hydrogen-bond acceptors (Lipinski definition) is 4. The van der Waals surface area contributed by atoms with Gasteiger partial charge >= 0.3 is 0 Å². The zero-order valence-electron chi connectivity index (χ0n) is 14.2. The lowest BCUT2D eigenvalue weighted by Crippen LogP contribution is -1.76. The topological polar surface area (TPSA) is 52.1 Å². The maximum absolute atomic E-state index is 5.13. The minimum atomic E-state index is 0.693. The predicted octanol–water partition coefficient (Wildman–Crippen LogP) is 6.83. The van der Waals surface area contributed by atoms with Gasteiger partial charge in [-0.05, 0) is 24.3 Å². The Bertz CT molecular complexity index is 892. The first-order valence-corrected chi connectivity index (χ1v) is 9.46. The number of nitrogens with zero attached hydrogens (tertiary/aromatic N) is 2. The van der Waals surface area contributed by atoms with E-state index in [9.17, 15) is 0 Å². The molecule has 0 unspecified atom stereocenters. The third kappa shape index (κ3) is 4.93. The van der Waals surface area contributed by atoms with Gasteiger partial charge in [0.15, 0.2) is 11.8 Å². The first-order valence-electron chi connectivity index (χ1n) is 7.87. The highest BCUT2D eigenvalue weighted by Crippen LogP contribution is 2.21. The third-order valence-electron chi connectivity index (χ3n) is 3.52. The van der Waals surface area contributed by atoms with Crippen molar-refractivity contribution in [3.8, 4) is 22.5 Å². The highest BCUT2D eigenvalue weighted by Gasteiger charge is 2.02. The third-order valence-corrected chi connectivity index (χ3v) is 4.58. The summed E-state index contributed by atoms with van der Waals surface area (Å²) in [6.07, 6.45) is 3.33. The van der Waals surface area contributed by atoms with E-state index in [0.29, 0.717) is 11.8 Å². The van der Waals surface area contributed by atoms with E-state index < -0.39 is 0 Å². The van der Waals surface area contributed by atoms with Crippen LogP contribution in [0, 0.1) is 13.8 Å². The molecule has 0 radical (unpaired) electrons. The molecule has 0 fully saturated rings. The monoisotopic (exact) mass is 474 g/mol. The van der Waals surface area contributed by atoms with E-state index in [2.05, 4.69) is 41.8 Å². The Morgan fingerprint density at radius 1 is 0.615 bits per heavy atom. The second kappa shape index (κ2) is 8.47. The van der Waals surface area contributed by atoms with Gasteiger partial charge in [-0.3, -0.25) is 0 Å². The van der Waals surface area contributed by atoms with E-state index in [1.807, 2.05) is 62.4 Å². The van der Waals surface area contributed by atoms with Crippen LogP contribution in [0.3, 0.4) is 0 Å². The largest absolute Gasteiger partial charge is 0.449 e. The lowest BCUT2D eigenvalue weighted by Gasteiger charge is -1.94. The van der Waals surface area contributed by atoms with Crippen molar-refractivity contribution >= 4 is 31.9 Å². The second-order valence-corrected chi connectivity index (χ2v) is 7.35. The molecule has 0 spiro atoms. The fraction of sp³-hybridized carbons (Fsp3) is 0.100. The maximum atomic E-state index is 5.13. The molecule has 2 aromatic carbocycles. The molecule has 2 heterocycles. The SMILES string of the molecule is Cc1nc(-c2ccc(Br)cc2)co1.Cc1nc(-c2ccc(Br)cc2)co1. The Kier molecular flexibility index (Phi) is 6.06. The van der Waals surface area contributed by atoms with Gasteiger partial charge in [0.25, 0.3) is 0 Å². The Labute approximate surface area is 168 Å². The summed E-state index contributed by atoms with van der Waals surface area (Å²) >= 11 is 6.76. The van der Waals surface area contributed by atoms with Gasteiger partial charge in [-0.25, -0.2) is 9.97 Å². The molecule has 0 aliphatic rings. The normalized spacial score (nSPS) is 10.3. The molecule has 132 valence electrons. The van der Waals surface area contributed by atoms with Crippen LogP contribution in [0.2, 0.25) is 0 Å². The van der Waals surface area contributed by atoms with Crippen LogP contribution < -0.4 is 0 Å². The second-order valence-electron chi connectivity index (χ2n) is 5.52. The summed E-state index contributed by atoms with van der Waals surface area (Å²) in [6.45, 7) is 3.67. The van der Waals surface area contributed by atoms with Crippen molar-refractivity contribution < 1.29 is 8.83 Å². The molecule has 4 nitrogen and oxygen atoms in total. The van der Waals surface area contributed by atoms with Crippen LogP contribution in [0.5, 0.6) is 0 Å². The van der Waals surface area contributed by atoms with Crippen molar-refractivity contribution in [2.45, 2.75) is 13.8 Å². The molecule has 0 aliphatic heterocycles. The van der Waals surface area contributed by atoms with E-state index in [4.69, 9.17) is 8.83 Å². The zero-order chi connectivity index (χ0) is 18.5. The summed E-state index contributed by atoms with van der Waals surface area (Å²) < 4.78 is 12.4. The Morgan fingerprint density at radius 2 is 0.962 bits per heavy atom. The van der Waals surface area contributed by atoms with E-state index in [1.165, 1.54) is 0 Å². The summed E-state index contributed by atoms with van der Waals surface area (Å²) in [4.78, 5) is 8.46. The number of oxazole rings is 2. The summed E-state index contributed by atoms with van der Waals surface area (Å²) in [5, 5.41) is 0. The molecule has 0 aliphatic carbocycles. The molecule has 0 bridgehead atoms. The van der Waals surface area contributed by atoms with Gasteiger partial charge in [0.05, 0.1) is 0 Å². The average molecular weight is 476 g/mol. The summed E-state index contributed by atoms with van der Waals surface area (Å²) in [5.41, 5.74) is 3.90. The van der Waals surface area contributed by atoms with Crippen LogP contribution in [0.25, 0.3) is 22.5 Å². The van der Waals surface area contributed by atoms with Gasteiger partial charge in [-0.15, -0.1) is 0 Å². The average Bonchev–Trinajstić information content (AvgIpc) is 3.25. The van der Waals surface area contributed by atoms with Crippen LogP contribution in [-0.4, -0.2) is 9.97 Å². The molecule has 0 saturated carbocycles. The fourth-order valence-electron chi connectivity index (χ4n) is 2.23. The molecular weight excluding hydrogens is 460 g/mol. The lowest BCUT2D eigenvalue weighted by atomic mass is 10.2. The number of benzene rings is 2. The van der Waals surface area contributed by atoms with Gasteiger partial charge < -0.3 is 8.83 Å². The van der Waals surface area contributed by atoms with Crippen molar-refractivity contribution in [3.63, 3.8) is 0 Å². The van der Waals surface area contributed by atoms with E-state index in [-0.39, 0.29) is 0 Å². The number of aryl methyl sites for hydroxylation is 2. The van der Waals surface area contributed by atoms with E-state index >= 15 is 0 Å². The lowest BCUT2D eigenvalue weighted by molar-refractivity contribution is 0.521. The Balaban J connectivity index is 0.000000151. The first-order chi connectivity index (χ1) is 12.5. The molecule has 0 amide bonds. The molecule has 26 heavy (non-hydrogen) atoms. The van der Waals surface area contributed by atoms with Crippen LogP contribution in [0.1, 0.15) is 11.8 Å². The van der Waals surface area contributed by atoms with Crippen molar-refractivity contribution in [2.24, 2.45) is 0 Å². The fourth-order valence-corrected chi connectivity index (χ4v) is 2.76. The zero-order valence-corrected chi connectivity index (χ0v) is 17.4. The highest BCUT2D eigenvalue weighted by atomic mass is 79.9.